The van der Waals surface area contributed by atoms with Crippen molar-refractivity contribution in [2.75, 3.05) is 54.1 Å². The van der Waals surface area contributed by atoms with E-state index in [2.05, 4.69) is 10.2 Å². The SMILES string of the molecule is CCOC(=O)[C@@H]1O[C@H]1C(=O)N[C@@H](CC(C)C)C(=O)N1CCN(Cc2ccc(OC)c(OC)c2OC)CC1. The highest BCUT2D eigenvalue weighted by Gasteiger charge is 2.52. The van der Waals surface area contributed by atoms with Crippen molar-refractivity contribution in [3.63, 3.8) is 0 Å². The molecule has 2 amide bonds. The van der Waals surface area contributed by atoms with E-state index < -0.39 is 30.1 Å². The van der Waals surface area contributed by atoms with Gasteiger partial charge in [-0.1, -0.05) is 19.9 Å². The largest absolute Gasteiger partial charge is 0.493 e. The second-order valence-electron chi connectivity index (χ2n) is 9.51. The lowest BCUT2D eigenvalue weighted by Crippen LogP contribution is -2.55. The number of hydrogen-bond acceptors (Lipinski definition) is 9. The van der Waals surface area contributed by atoms with Crippen molar-refractivity contribution >= 4 is 17.8 Å². The number of esters is 1. The number of nitrogens with one attached hydrogen (secondary N) is 1. The van der Waals surface area contributed by atoms with E-state index in [0.717, 1.165) is 5.56 Å². The Bertz CT molecular complexity index is 961. The number of amides is 2. The molecule has 2 aliphatic rings. The first-order chi connectivity index (χ1) is 17.7. The van der Waals surface area contributed by atoms with Crippen LogP contribution in [0.5, 0.6) is 17.2 Å². The maximum atomic E-state index is 13.4. The van der Waals surface area contributed by atoms with E-state index in [1.54, 1.807) is 33.2 Å². The highest BCUT2D eigenvalue weighted by Crippen LogP contribution is 2.40. The molecule has 2 saturated heterocycles. The fraction of sp³-hybridized carbons (Fsp3) is 0.654. The van der Waals surface area contributed by atoms with E-state index in [9.17, 15) is 14.4 Å². The molecule has 2 fully saturated rings. The van der Waals surface area contributed by atoms with Gasteiger partial charge in [-0.2, -0.15) is 0 Å². The number of epoxide rings is 1. The first-order valence-electron chi connectivity index (χ1n) is 12.6. The molecule has 1 aromatic carbocycles. The zero-order valence-electron chi connectivity index (χ0n) is 22.6. The number of carbonyl (C=O) groups is 3. The summed E-state index contributed by atoms with van der Waals surface area (Å²) < 4.78 is 26.6. The number of piperazine rings is 1. The van der Waals surface area contributed by atoms with Crippen molar-refractivity contribution in [1.29, 1.82) is 0 Å². The van der Waals surface area contributed by atoms with Gasteiger partial charge in [-0.3, -0.25) is 14.5 Å². The minimum atomic E-state index is -0.908. The van der Waals surface area contributed by atoms with Gasteiger partial charge < -0.3 is 33.9 Å². The third-order valence-electron chi connectivity index (χ3n) is 6.45. The second-order valence-corrected chi connectivity index (χ2v) is 9.51. The summed E-state index contributed by atoms with van der Waals surface area (Å²) in [5.41, 5.74) is 0.963. The van der Waals surface area contributed by atoms with Crippen molar-refractivity contribution in [1.82, 2.24) is 15.1 Å². The summed E-state index contributed by atoms with van der Waals surface area (Å²) in [5.74, 6) is 0.819. The quantitative estimate of drug-likeness (QED) is 0.320. The average Bonchev–Trinajstić information content (AvgIpc) is 3.69. The predicted molar refractivity (Wildman–Crippen MR) is 135 cm³/mol. The van der Waals surface area contributed by atoms with Crippen LogP contribution in [0.25, 0.3) is 0 Å². The number of hydrogen-bond donors (Lipinski definition) is 1. The summed E-state index contributed by atoms with van der Waals surface area (Å²) in [4.78, 5) is 41.9. The molecule has 0 bridgehead atoms. The number of nitrogens with zero attached hydrogens (tertiary/aromatic N) is 2. The standard InChI is InChI=1S/C26H39N3O8/c1-7-36-26(32)23-22(37-23)24(30)27-18(14-16(2)3)25(31)29-12-10-28(11-13-29)15-17-8-9-19(33-4)21(35-6)20(17)34-5/h8-9,16,18,22-23H,7,10-15H2,1-6H3,(H,27,30)/t18-,22+,23+/m0/s1. The molecule has 11 nitrogen and oxygen atoms in total. The van der Waals surface area contributed by atoms with Crippen LogP contribution >= 0.6 is 0 Å². The van der Waals surface area contributed by atoms with Crippen molar-refractivity contribution < 1.29 is 38.1 Å². The molecular formula is C26H39N3O8. The monoisotopic (exact) mass is 521 g/mol. The minimum Gasteiger partial charge on any atom is -0.493 e. The van der Waals surface area contributed by atoms with Crippen molar-refractivity contribution in [3.8, 4) is 17.2 Å². The lowest BCUT2D eigenvalue weighted by molar-refractivity contribution is -0.144. The summed E-state index contributed by atoms with van der Waals surface area (Å²) in [5, 5.41) is 2.81. The molecule has 2 aliphatic heterocycles. The number of benzene rings is 1. The molecule has 1 N–H and O–H groups in total. The van der Waals surface area contributed by atoms with Crippen LogP contribution in [-0.2, 0) is 30.4 Å². The molecule has 2 heterocycles. The van der Waals surface area contributed by atoms with Gasteiger partial charge in [0.05, 0.1) is 27.9 Å². The van der Waals surface area contributed by atoms with E-state index in [1.807, 2.05) is 26.0 Å². The van der Waals surface area contributed by atoms with Crippen LogP contribution in [0.2, 0.25) is 0 Å². The molecule has 0 radical (unpaired) electrons. The molecule has 0 saturated carbocycles. The van der Waals surface area contributed by atoms with Gasteiger partial charge in [0.25, 0.3) is 5.91 Å². The highest BCUT2D eigenvalue weighted by molar-refractivity contribution is 5.95. The fourth-order valence-corrected chi connectivity index (χ4v) is 4.54. The van der Waals surface area contributed by atoms with Crippen molar-refractivity contribution in [2.45, 2.75) is 52.0 Å². The van der Waals surface area contributed by atoms with Gasteiger partial charge in [0.2, 0.25) is 11.7 Å². The Morgan fingerprint density at radius 3 is 2.24 bits per heavy atom. The summed E-state index contributed by atoms with van der Waals surface area (Å²) in [6.45, 7) is 8.93. The van der Waals surface area contributed by atoms with Crippen LogP contribution in [-0.4, -0.2) is 99.9 Å². The number of carbonyl (C=O) groups excluding carboxylic acids is 3. The Morgan fingerprint density at radius 2 is 1.68 bits per heavy atom. The molecule has 0 aromatic heterocycles. The molecule has 206 valence electrons. The molecule has 0 unspecified atom stereocenters. The Balaban J connectivity index is 1.58. The van der Waals surface area contributed by atoms with Gasteiger partial charge in [-0.25, -0.2) is 4.79 Å². The van der Waals surface area contributed by atoms with Crippen LogP contribution < -0.4 is 19.5 Å². The molecule has 1 aromatic rings. The normalized spacial score (nSPS) is 20.2. The summed E-state index contributed by atoms with van der Waals surface area (Å²) in [7, 11) is 4.76. The number of rotatable bonds is 12. The summed E-state index contributed by atoms with van der Waals surface area (Å²) in [6.07, 6.45) is -1.31. The maximum absolute atomic E-state index is 13.4. The van der Waals surface area contributed by atoms with E-state index in [-0.39, 0.29) is 18.4 Å². The lowest BCUT2D eigenvalue weighted by Gasteiger charge is -2.37. The van der Waals surface area contributed by atoms with Crippen LogP contribution in [0.3, 0.4) is 0 Å². The average molecular weight is 522 g/mol. The Morgan fingerprint density at radius 1 is 1.00 bits per heavy atom. The van der Waals surface area contributed by atoms with Gasteiger partial charge in [-0.15, -0.1) is 0 Å². The topological polar surface area (TPSA) is 119 Å². The first-order valence-corrected chi connectivity index (χ1v) is 12.6. The van der Waals surface area contributed by atoms with Crippen LogP contribution in [0.15, 0.2) is 12.1 Å². The smallest absolute Gasteiger partial charge is 0.338 e. The molecule has 0 aliphatic carbocycles. The van der Waals surface area contributed by atoms with Gasteiger partial charge >= 0.3 is 5.97 Å². The van der Waals surface area contributed by atoms with Crippen molar-refractivity contribution in [3.05, 3.63) is 17.7 Å². The van der Waals surface area contributed by atoms with E-state index in [0.29, 0.717) is 56.4 Å². The molecule has 0 spiro atoms. The summed E-state index contributed by atoms with van der Waals surface area (Å²) in [6, 6.07) is 3.12. The zero-order valence-corrected chi connectivity index (χ0v) is 22.6. The number of methoxy groups -OCH3 is 3. The van der Waals surface area contributed by atoms with Crippen LogP contribution in [0.1, 0.15) is 32.8 Å². The molecule has 37 heavy (non-hydrogen) atoms. The third-order valence-corrected chi connectivity index (χ3v) is 6.45. The molecule has 11 heteroatoms. The summed E-state index contributed by atoms with van der Waals surface area (Å²) >= 11 is 0. The zero-order chi connectivity index (χ0) is 27.1. The fourth-order valence-electron chi connectivity index (χ4n) is 4.54. The first kappa shape index (κ1) is 28.5. The van der Waals surface area contributed by atoms with Crippen molar-refractivity contribution in [2.24, 2.45) is 5.92 Å². The van der Waals surface area contributed by atoms with Gasteiger partial charge in [0.1, 0.15) is 6.04 Å². The molecule has 3 atom stereocenters. The maximum Gasteiger partial charge on any atom is 0.338 e. The van der Waals surface area contributed by atoms with E-state index in [4.69, 9.17) is 23.7 Å². The van der Waals surface area contributed by atoms with Gasteiger partial charge in [0, 0.05) is 38.3 Å². The second kappa shape index (κ2) is 13.0. The Hall–Kier alpha value is -3.05. The lowest BCUT2D eigenvalue weighted by atomic mass is 10.0. The third kappa shape index (κ3) is 7.04. The van der Waals surface area contributed by atoms with Gasteiger partial charge in [-0.05, 0) is 25.3 Å². The molecular weight excluding hydrogens is 482 g/mol. The van der Waals surface area contributed by atoms with E-state index in [1.165, 1.54) is 0 Å². The Kier molecular flexibility index (Phi) is 9.99. The minimum absolute atomic E-state index is 0.126. The highest BCUT2D eigenvalue weighted by atomic mass is 16.6. The molecule has 3 rings (SSSR count). The number of ether oxygens (including phenoxy) is 5. The van der Waals surface area contributed by atoms with E-state index >= 15 is 0 Å². The van der Waals surface area contributed by atoms with Crippen LogP contribution in [0, 0.1) is 5.92 Å². The Labute approximate surface area is 218 Å². The van der Waals surface area contributed by atoms with Crippen LogP contribution in [0.4, 0.5) is 0 Å². The predicted octanol–water partition coefficient (Wildman–Crippen LogP) is 1.22. The van der Waals surface area contributed by atoms with Gasteiger partial charge in [0.15, 0.2) is 23.7 Å².